The number of likely N-dealkylation sites (tertiary alicyclic amines) is 1. The summed E-state index contributed by atoms with van der Waals surface area (Å²) in [5.74, 6) is 0.206. The first-order chi connectivity index (χ1) is 10.2. The number of hydrogen-bond donors (Lipinski definition) is 2. The number of carbonyl (C=O) groups is 1. The van der Waals surface area contributed by atoms with Gasteiger partial charge in [0.1, 0.15) is 0 Å². The number of nitrogens with zero attached hydrogens (tertiary/aromatic N) is 1. The fraction of sp³-hybridized carbons (Fsp3) is 0.312. The molecule has 0 spiro atoms. The van der Waals surface area contributed by atoms with Crippen molar-refractivity contribution in [2.75, 3.05) is 25.0 Å². The van der Waals surface area contributed by atoms with Crippen LogP contribution in [0.1, 0.15) is 6.42 Å². The maximum absolute atomic E-state index is 12.3. The molecule has 0 aliphatic carbocycles. The van der Waals surface area contributed by atoms with E-state index in [9.17, 15) is 4.79 Å². The Labute approximate surface area is 131 Å². The molecule has 2 aromatic rings. The van der Waals surface area contributed by atoms with Crippen molar-refractivity contribution in [1.82, 2.24) is 4.90 Å². The van der Waals surface area contributed by atoms with Gasteiger partial charge >= 0.3 is 6.03 Å². The van der Waals surface area contributed by atoms with Crippen molar-refractivity contribution in [3.63, 3.8) is 0 Å². The van der Waals surface area contributed by atoms with Crippen LogP contribution in [0.4, 0.5) is 10.5 Å². The number of benzene rings is 2. The summed E-state index contributed by atoms with van der Waals surface area (Å²) in [5, 5.41) is 14.2. The zero-order chi connectivity index (χ0) is 14.8. The average molecular weight is 349 g/mol. The molecule has 3 rings (SSSR count). The molecule has 1 aliphatic heterocycles. The normalized spacial score (nSPS) is 18.2. The lowest BCUT2D eigenvalue weighted by Gasteiger charge is -2.18. The summed E-state index contributed by atoms with van der Waals surface area (Å²) in [6.45, 7) is 1.47. The maximum Gasteiger partial charge on any atom is 0.321 e. The molecule has 0 radical (unpaired) electrons. The fourth-order valence-corrected chi connectivity index (χ4v) is 3.21. The maximum atomic E-state index is 12.3. The highest BCUT2D eigenvalue weighted by atomic mass is 79.9. The molecular weight excluding hydrogens is 332 g/mol. The highest BCUT2D eigenvalue weighted by Crippen LogP contribution is 2.30. The number of hydrogen-bond acceptors (Lipinski definition) is 2. The minimum atomic E-state index is -0.0987. The molecule has 4 nitrogen and oxygen atoms in total. The Balaban J connectivity index is 1.82. The van der Waals surface area contributed by atoms with Crippen molar-refractivity contribution in [3.05, 3.63) is 40.9 Å². The summed E-state index contributed by atoms with van der Waals surface area (Å²) in [7, 11) is 0. The second kappa shape index (κ2) is 6.03. The summed E-state index contributed by atoms with van der Waals surface area (Å²) in [6.07, 6.45) is 0.866. The summed E-state index contributed by atoms with van der Waals surface area (Å²) in [4.78, 5) is 14.1. The molecule has 1 fully saturated rings. The molecular formula is C16H17BrN2O2. The van der Waals surface area contributed by atoms with Gasteiger partial charge in [-0.15, -0.1) is 0 Å². The highest BCUT2D eigenvalue weighted by Gasteiger charge is 2.25. The van der Waals surface area contributed by atoms with Gasteiger partial charge in [-0.05, 0) is 23.9 Å². The monoisotopic (exact) mass is 348 g/mol. The first kappa shape index (κ1) is 14.4. The van der Waals surface area contributed by atoms with Crippen LogP contribution < -0.4 is 5.32 Å². The minimum absolute atomic E-state index is 0.0987. The predicted octanol–water partition coefficient (Wildman–Crippen LogP) is 3.45. The second-order valence-corrected chi connectivity index (χ2v) is 6.21. The van der Waals surface area contributed by atoms with Crippen molar-refractivity contribution < 1.29 is 9.90 Å². The number of halogens is 1. The smallest absolute Gasteiger partial charge is 0.321 e. The zero-order valence-electron chi connectivity index (χ0n) is 11.6. The molecule has 0 unspecified atom stereocenters. The molecule has 0 bridgehead atoms. The summed E-state index contributed by atoms with van der Waals surface area (Å²) in [6, 6.07) is 11.7. The van der Waals surface area contributed by atoms with Gasteiger partial charge in [0.2, 0.25) is 0 Å². The average Bonchev–Trinajstić information content (AvgIpc) is 2.99. The number of carbonyl (C=O) groups excluding carboxylic acids is 1. The van der Waals surface area contributed by atoms with Crippen molar-refractivity contribution in [2.24, 2.45) is 5.92 Å². The summed E-state index contributed by atoms with van der Waals surface area (Å²) >= 11 is 3.53. The Morgan fingerprint density at radius 2 is 2.05 bits per heavy atom. The van der Waals surface area contributed by atoms with Gasteiger partial charge in [-0.2, -0.15) is 0 Å². The van der Waals surface area contributed by atoms with E-state index in [1.807, 2.05) is 36.4 Å². The van der Waals surface area contributed by atoms with Crippen LogP contribution in [0.5, 0.6) is 0 Å². The predicted molar refractivity (Wildman–Crippen MR) is 87.4 cm³/mol. The molecule has 2 amide bonds. The van der Waals surface area contributed by atoms with E-state index in [4.69, 9.17) is 5.11 Å². The molecule has 2 aromatic carbocycles. The number of urea groups is 1. The van der Waals surface area contributed by atoms with Crippen molar-refractivity contribution >= 4 is 38.4 Å². The van der Waals surface area contributed by atoms with E-state index in [1.165, 1.54) is 0 Å². The summed E-state index contributed by atoms with van der Waals surface area (Å²) in [5.41, 5.74) is 0.811. The van der Waals surface area contributed by atoms with Crippen LogP contribution in [0.15, 0.2) is 40.9 Å². The van der Waals surface area contributed by atoms with E-state index in [0.29, 0.717) is 13.1 Å². The molecule has 2 N–H and O–H groups in total. The van der Waals surface area contributed by atoms with E-state index in [1.54, 1.807) is 4.90 Å². The first-order valence-corrected chi connectivity index (χ1v) is 7.82. The van der Waals surface area contributed by atoms with E-state index >= 15 is 0 Å². The van der Waals surface area contributed by atoms with Gasteiger partial charge in [0, 0.05) is 35.5 Å². The van der Waals surface area contributed by atoms with Crippen LogP contribution in [0.2, 0.25) is 0 Å². The van der Waals surface area contributed by atoms with Gasteiger partial charge in [-0.1, -0.05) is 40.2 Å². The van der Waals surface area contributed by atoms with Crippen LogP contribution in [0.25, 0.3) is 10.8 Å². The highest BCUT2D eigenvalue weighted by molar-refractivity contribution is 9.10. The summed E-state index contributed by atoms with van der Waals surface area (Å²) < 4.78 is 1.01. The van der Waals surface area contributed by atoms with Crippen molar-refractivity contribution in [3.8, 4) is 0 Å². The Hall–Kier alpha value is -1.59. The second-order valence-electron chi connectivity index (χ2n) is 5.35. The van der Waals surface area contributed by atoms with Crippen LogP contribution in [-0.4, -0.2) is 35.7 Å². The zero-order valence-corrected chi connectivity index (χ0v) is 13.1. The third-order valence-corrected chi connectivity index (χ3v) is 4.64. The quantitative estimate of drug-likeness (QED) is 0.873. The van der Waals surface area contributed by atoms with Gasteiger partial charge in [0.25, 0.3) is 0 Å². The number of aliphatic hydroxyl groups excluding tert-OH is 1. The molecule has 1 atom stereocenters. The van der Waals surface area contributed by atoms with E-state index in [0.717, 1.165) is 27.4 Å². The van der Waals surface area contributed by atoms with Gasteiger partial charge in [0.15, 0.2) is 0 Å². The SMILES string of the molecule is O=C(Nc1ccc(Br)c2ccccc12)N1CC[C@@H](CO)C1. The van der Waals surface area contributed by atoms with Crippen LogP contribution >= 0.6 is 15.9 Å². The van der Waals surface area contributed by atoms with Crippen LogP contribution in [-0.2, 0) is 0 Å². The topological polar surface area (TPSA) is 52.6 Å². The van der Waals surface area contributed by atoms with E-state index < -0.39 is 0 Å². The third kappa shape index (κ3) is 2.89. The molecule has 0 aromatic heterocycles. The molecule has 1 heterocycles. The first-order valence-electron chi connectivity index (χ1n) is 7.03. The number of fused-ring (bicyclic) bond motifs is 1. The molecule has 5 heteroatoms. The number of rotatable bonds is 2. The van der Waals surface area contributed by atoms with Gasteiger partial charge in [0.05, 0.1) is 5.69 Å². The molecule has 1 saturated heterocycles. The molecule has 1 aliphatic rings. The number of anilines is 1. The third-order valence-electron chi connectivity index (χ3n) is 3.94. The largest absolute Gasteiger partial charge is 0.396 e. The van der Waals surface area contributed by atoms with E-state index in [2.05, 4.69) is 21.2 Å². The molecule has 110 valence electrons. The Bertz CT molecular complexity index is 674. The molecule has 21 heavy (non-hydrogen) atoms. The Kier molecular flexibility index (Phi) is 4.12. The molecule has 0 saturated carbocycles. The van der Waals surface area contributed by atoms with Crippen LogP contribution in [0.3, 0.4) is 0 Å². The lowest BCUT2D eigenvalue weighted by molar-refractivity contribution is 0.209. The van der Waals surface area contributed by atoms with Gasteiger partial charge in [-0.25, -0.2) is 4.79 Å². The van der Waals surface area contributed by atoms with Gasteiger partial charge < -0.3 is 15.3 Å². The number of aliphatic hydroxyl groups is 1. The fourth-order valence-electron chi connectivity index (χ4n) is 2.73. The lowest BCUT2D eigenvalue weighted by atomic mass is 10.1. The number of amides is 2. The van der Waals surface area contributed by atoms with Gasteiger partial charge in [-0.3, -0.25) is 0 Å². The number of nitrogens with one attached hydrogen (secondary N) is 1. The Morgan fingerprint density at radius 1 is 1.29 bits per heavy atom. The lowest BCUT2D eigenvalue weighted by Crippen LogP contribution is -2.33. The minimum Gasteiger partial charge on any atom is -0.396 e. The van der Waals surface area contributed by atoms with Crippen molar-refractivity contribution in [2.45, 2.75) is 6.42 Å². The van der Waals surface area contributed by atoms with Crippen molar-refractivity contribution in [1.29, 1.82) is 0 Å². The van der Waals surface area contributed by atoms with Crippen LogP contribution in [0, 0.1) is 5.92 Å². The standard InChI is InChI=1S/C16H17BrN2O2/c17-14-5-6-15(13-4-2-1-3-12(13)14)18-16(21)19-8-7-11(9-19)10-20/h1-6,11,20H,7-10H2,(H,18,21)/t11-/m1/s1. The Morgan fingerprint density at radius 3 is 2.76 bits per heavy atom. The van der Waals surface area contributed by atoms with E-state index in [-0.39, 0.29) is 18.6 Å².